The Labute approximate surface area is 118 Å². The van der Waals surface area contributed by atoms with E-state index in [-0.39, 0.29) is 11.6 Å². The average molecular weight is 274 g/mol. The Kier molecular flexibility index (Phi) is 3.07. The first kappa shape index (κ1) is 12.6. The van der Waals surface area contributed by atoms with Crippen molar-refractivity contribution < 1.29 is 4.74 Å². The molecule has 1 aromatic heterocycles. The molecule has 3 nitrogen and oxygen atoms in total. The average Bonchev–Trinajstić information content (AvgIpc) is 2.96. The van der Waals surface area contributed by atoms with Crippen LogP contribution in [0.2, 0.25) is 0 Å². The molecule has 2 aromatic rings. The van der Waals surface area contributed by atoms with Crippen molar-refractivity contribution in [2.75, 3.05) is 6.61 Å². The summed E-state index contributed by atoms with van der Waals surface area (Å²) in [5, 5.41) is 0. The normalized spacial score (nSPS) is 26.7. The second-order valence-electron chi connectivity index (χ2n) is 5.30. The summed E-state index contributed by atoms with van der Waals surface area (Å²) in [4.78, 5) is 3.18. The van der Waals surface area contributed by atoms with Crippen molar-refractivity contribution >= 4 is 12.2 Å². The molecule has 1 aliphatic heterocycles. The van der Waals surface area contributed by atoms with Gasteiger partial charge in [0.05, 0.1) is 17.3 Å². The van der Waals surface area contributed by atoms with Gasteiger partial charge in [-0.2, -0.15) is 0 Å². The van der Waals surface area contributed by atoms with E-state index < -0.39 is 0 Å². The zero-order valence-electron chi connectivity index (χ0n) is 11.2. The van der Waals surface area contributed by atoms with Gasteiger partial charge in [0.25, 0.3) is 0 Å². The first-order valence-electron chi connectivity index (χ1n) is 6.61. The van der Waals surface area contributed by atoms with E-state index in [4.69, 9.17) is 17.0 Å². The van der Waals surface area contributed by atoms with Crippen molar-refractivity contribution in [3.63, 3.8) is 0 Å². The number of nitrogens with one attached hydrogen (secondary N) is 1. The fourth-order valence-electron chi connectivity index (χ4n) is 2.82. The molecule has 2 unspecified atom stereocenters. The minimum atomic E-state index is -0.0811. The van der Waals surface area contributed by atoms with Crippen LogP contribution in [0.4, 0.5) is 0 Å². The van der Waals surface area contributed by atoms with Crippen LogP contribution < -0.4 is 0 Å². The van der Waals surface area contributed by atoms with E-state index in [9.17, 15) is 0 Å². The summed E-state index contributed by atoms with van der Waals surface area (Å²) < 4.78 is 8.74. The summed E-state index contributed by atoms with van der Waals surface area (Å²) in [6, 6.07) is 10.3. The number of aromatic amines is 1. The highest BCUT2D eigenvalue weighted by Crippen LogP contribution is 2.37. The van der Waals surface area contributed by atoms with Gasteiger partial charge in [0.2, 0.25) is 0 Å². The molecule has 1 fully saturated rings. The fraction of sp³-hybridized carbons (Fsp3) is 0.400. The predicted octanol–water partition coefficient (Wildman–Crippen LogP) is 3.74. The second kappa shape index (κ2) is 4.62. The van der Waals surface area contributed by atoms with Gasteiger partial charge in [-0.3, -0.25) is 0 Å². The van der Waals surface area contributed by atoms with Crippen LogP contribution in [0.15, 0.2) is 36.5 Å². The van der Waals surface area contributed by atoms with Crippen LogP contribution >= 0.6 is 12.2 Å². The Hall–Kier alpha value is -1.39. The summed E-state index contributed by atoms with van der Waals surface area (Å²) in [5.41, 5.74) is 2.23. The molecular formula is C15H18N2OS. The first-order chi connectivity index (χ1) is 9.13. The Morgan fingerprint density at radius 2 is 2.11 bits per heavy atom. The molecule has 1 saturated heterocycles. The summed E-state index contributed by atoms with van der Waals surface area (Å²) in [7, 11) is 0. The zero-order chi connectivity index (χ0) is 13.5. The number of benzene rings is 1. The van der Waals surface area contributed by atoms with Gasteiger partial charge in [-0.15, -0.1) is 0 Å². The third-order valence-electron chi connectivity index (χ3n) is 4.21. The second-order valence-corrected chi connectivity index (χ2v) is 5.69. The van der Waals surface area contributed by atoms with E-state index in [1.165, 1.54) is 5.56 Å². The number of rotatable bonds is 2. The van der Waals surface area contributed by atoms with E-state index in [1.807, 2.05) is 24.4 Å². The maximum absolute atomic E-state index is 5.76. The Morgan fingerprint density at radius 3 is 2.74 bits per heavy atom. The number of imidazole rings is 1. The summed E-state index contributed by atoms with van der Waals surface area (Å²) in [6.45, 7) is 5.14. The van der Waals surface area contributed by atoms with Crippen LogP contribution in [-0.2, 0) is 10.3 Å². The van der Waals surface area contributed by atoms with Gasteiger partial charge in [-0.1, -0.05) is 30.3 Å². The summed E-state index contributed by atoms with van der Waals surface area (Å²) in [6.07, 6.45) is 3.14. The molecule has 1 aromatic carbocycles. The van der Waals surface area contributed by atoms with E-state index in [1.54, 1.807) is 0 Å². The van der Waals surface area contributed by atoms with Gasteiger partial charge in [-0.25, -0.2) is 0 Å². The van der Waals surface area contributed by atoms with E-state index >= 15 is 0 Å². The topological polar surface area (TPSA) is 29.9 Å². The molecule has 3 rings (SSSR count). The molecule has 2 heterocycles. The molecule has 1 aliphatic rings. The standard InChI is InChI=1S/C15H18N2OS/c1-11-15(2,8-9-18-11)17-13(10-16-14(17)19)12-6-4-3-5-7-12/h3-7,10-11H,8-9H2,1-2H3,(H,16,19). The van der Waals surface area contributed by atoms with Crippen molar-refractivity contribution in [3.05, 3.63) is 41.3 Å². The molecule has 1 N–H and O–H groups in total. The lowest BCUT2D eigenvalue weighted by Gasteiger charge is -2.31. The number of aromatic nitrogens is 2. The van der Waals surface area contributed by atoms with Crippen molar-refractivity contribution in [2.45, 2.75) is 31.9 Å². The van der Waals surface area contributed by atoms with Crippen molar-refractivity contribution in [1.82, 2.24) is 9.55 Å². The van der Waals surface area contributed by atoms with E-state index in [0.717, 1.165) is 23.5 Å². The monoisotopic (exact) mass is 274 g/mol. The molecule has 0 amide bonds. The number of ether oxygens (including phenoxy) is 1. The molecule has 0 saturated carbocycles. The van der Waals surface area contributed by atoms with E-state index in [0.29, 0.717) is 0 Å². The lowest BCUT2D eigenvalue weighted by Crippen LogP contribution is -2.37. The number of nitrogens with zero attached hydrogens (tertiary/aromatic N) is 1. The summed E-state index contributed by atoms with van der Waals surface area (Å²) >= 11 is 5.49. The lowest BCUT2D eigenvalue weighted by molar-refractivity contribution is 0.0760. The third kappa shape index (κ3) is 1.95. The van der Waals surface area contributed by atoms with Crippen LogP contribution in [0.25, 0.3) is 11.3 Å². The third-order valence-corrected chi connectivity index (χ3v) is 4.51. The molecule has 2 atom stereocenters. The molecule has 0 radical (unpaired) electrons. The molecule has 4 heteroatoms. The molecular weight excluding hydrogens is 256 g/mol. The molecule has 0 bridgehead atoms. The maximum Gasteiger partial charge on any atom is 0.178 e. The van der Waals surface area contributed by atoms with Crippen LogP contribution in [-0.4, -0.2) is 22.3 Å². The molecule has 100 valence electrons. The van der Waals surface area contributed by atoms with Gasteiger partial charge in [0.1, 0.15) is 0 Å². The summed E-state index contributed by atoms with van der Waals surface area (Å²) in [5.74, 6) is 0. The fourth-order valence-corrected chi connectivity index (χ4v) is 3.18. The minimum Gasteiger partial charge on any atom is -0.376 e. The quantitative estimate of drug-likeness (QED) is 0.846. The molecule has 19 heavy (non-hydrogen) atoms. The van der Waals surface area contributed by atoms with Gasteiger partial charge in [0.15, 0.2) is 4.77 Å². The van der Waals surface area contributed by atoms with Crippen molar-refractivity contribution in [1.29, 1.82) is 0 Å². The highest BCUT2D eigenvalue weighted by Gasteiger charge is 2.40. The minimum absolute atomic E-state index is 0.0811. The largest absolute Gasteiger partial charge is 0.376 e. The highest BCUT2D eigenvalue weighted by molar-refractivity contribution is 7.71. The number of H-pyrrole nitrogens is 1. The van der Waals surface area contributed by atoms with Crippen LogP contribution in [0, 0.1) is 4.77 Å². The van der Waals surface area contributed by atoms with Crippen LogP contribution in [0.1, 0.15) is 20.3 Å². The smallest absolute Gasteiger partial charge is 0.178 e. The first-order valence-corrected chi connectivity index (χ1v) is 7.02. The Balaban J connectivity index is 2.17. The van der Waals surface area contributed by atoms with Crippen LogP contribution in [0.3, 0.4) is 0 Å². The molecule has 0 aliphatic carbocycles. The van der Waals surface area contributed by atoms with Crippen molar-refractivity contribution in [3.8, 4) is 11.3 Å². The van der Waals surface area contributed by atoms with Crippen LogP contribution in [0.5, 0.6) is 0 Å². The van der Waals surface area contributed by atoms with Gasteiger partial charge in [0, 0.05) is 12.8 Å². The SMILES string of the molecule is CC1OCCC1(C)n1c(-c2ccccc2)c[nH]c1=S. The predicted molar refractivity (Wildman–Crippen MR) is 78.7 cm³/mol. The van der Waals surface area contributed by atoms with Gasteiger partial charge >= 0.3 is 0 Å². The highest BCUT2D eigenvalue weighted by atomic mass is 32.1. The van der Waals surface area contributed by atoms with Gasteiger partial charge < -0.3 is 14.3 Å². The Morgan fingerprint density at radius 1 is 1.37 bits per heavy atom. The van der Waals surface area contributed by atoms with E-state index in [2.05, 4.69) is 35.5 Å². The maximum atomic E-state index is 5.76. The number of hydrogen-bond donors (Lipinski definition) is 1. The Bertz CT molecular complexity index is 631. The number of hydrogen-bond acceptors (Lipinski definition) is 2. The zero-order valence-corrected chi connectivity index (χ0v) is 12.0. The van der Waals surface area contributed by atoms with Crippen molar-refractivity contribution in [2.24, 2.45) is 0 Å². The molecule has 0 spiro atoms. The lowest BCUT2D eigenvalue weighted by atomic mass is 9.93. The van der Waals surface area contributed by atoms with Gasteiger partial charge in [-0.05, 0) is 38.0 Å².